The zero-order valence-electron chi connectivity index (χ0n) is 11.5. The molecule has 3 nitrogen and oxygen atoms in total. The first-order valence-electron chi connectivity index (χ1n) is 6.71. The smallest absolute Gasteiger partial charge is 0.166 e. The van der Waals surface area contributed by atoms with Gasteiger partial charge in [0.15, 0.2) is 11.5 Å². The van der Waals surface area contributed by atoms with E-state index in [1.54, 1.807) is 13.1 Å². The van der Waals surface area contributed by atoms with Crippen LogP contribution in [-0.4, -0.2) is 20.3 Å². The summed E-state index contributed by atoms with van der Waals surface area (Å²) in [5.74, 6) is 0.251. The van der Waals surface area contributed by atoms with Gasteiger partial charge < -0.3 is 14.8 Å². The molecule has 1 atom stereocenters. The summed E-state index contributed by atoms with van der Waals surface area (Å²) < 4.78 is 38.7. The molecule has 0 saturated heterocycles. The monoisotopic (exact) mass is 291 g/mol. The largest absolute Gasteiger partial charge is 0.486 e. The van der Waals surface area contributed by atoms with Gasteiger partial charge in [0, 0.05) is 11.1 Å². The van der Waals surface area contributed by atoms with Gasteiger partial charge in [-0.3, -0.25) is 0 Å². The van der Waals surface area contributed by atoms with E-state index in [1.807, 2.05) is 12.1 Å². The molecule has 3 rings (SSSR count). The van der Waals surface area contributed by atoms with Crippen molar-refractivity contribution in [3.8, 4) is 11.5 Å². The summed E-state index contributed by atoms with van der Waals surface area (Å²) in [5, 5.41) is 3.01. The SMILES string of the molecule is CNC(c1cc(F)ccc1F)c1cccc2c1OCCO2. The summed E-state index contributed by atoms with van der Waals surface area (Å²) in [4.78, 5) is 0. The summed E-state index contributed by atoms with van der Waals surface area (Å²) in [6, 6.07) is 8.33. The minimum atomic E-state index is -0.516. The average Bonchev–Trinajstić information content (AvgIpc) is 2.51. The standard InChI is InChI=1S/C16H15F2NO2/c1-19-15(12-9-10(17)5-6-13(12)18)11-3-2-4-14-16(11)21-8-7-20-14/h2-6,9,15,19H,7-8H2,1H3. The van der Waals surface area contributed by atoms with Crippen LogP contribution in [0.2, 0.25) is 0 Å². The van der Waals surface area contributed by atoms with Gasteiger partial charge in [-0.15, -0.1) is 0 Å². The number of rotatable bonds is 3. The first-order chi connectivity index (χ1) is 10.2. The van der Waals surface area contributed by atoms with Gasteiger partial charge in [-0.25, -0.2) is 8.78 Å². The Morgan fingerprint density at radius 2 is 1.86 bits per heavy atom. The van der Waals surface area contributed by atoms with E-state index in [2.05, 4.69) is 5.32 Å². The molecule has 1 N–H and O–H groups in total. The second-order valence-corrected chi connectivity index (χ2v) is 4.76. The molecular formula is C16H15F2NO2. The van der Waals surface area contributed by atoms with Crippen LogP contribution in [0.5, 0.6) is 11.5 Å². The molecule has 2 aromatic rings. The maximum absolute atomic E-state index is 14.0. The number of halogens is 2. The highest BCUT2D eigenvalue weighted by atomic mass is 19.1. The van der Waals surface area contributed by atoms with Crippen LogP contribution in [0.15, 0.2) is 36.4 Å². The fraction of sp³-hybridized carbons (Fsp3) is 0.250. The van der Waals surface area contributed by atoms with Crippen molar-refractivity contribution < 1.29 is 18.3 Å². The fourth-order valence-corrected chi connectivity index (χ4v) is 2.54. The molecule has 1 aliphatic heterocycles. The Hall–Kier alpha value is -2.14. The number of fused-ring (bicyclic) bond motifs is 1. The minimum absolute atomic E-state index is 0.236. The molecule has 110 valence electrons. The highest BCUT2D eigenvalue weighted by molar-refractivity contribution is 5.51. The highest BCUT2D eigenvalue weighted by Gasteiger charge is 2.24. The molecule has 0 radical (unpaired) electrons. The van der Waals surface area contributed by atoms with Gasteiger partial charge in [0.2, 0.25) is 0 Å². The molecule has 5 heteroatoms. The average molecular weight is 291 g/mol. The maximum atomic E-state index is 14.0. The summed E-state index contributed by atoms with van der Waals surface area (Å²) in [6.07, 6.45) is 0. The maximum Gasteiger partial charge on any atom is 0.166 e. The number of para-hydroxylation sites is 1. The van der Waals surface area contributed by atoms with E-state index >= 15 is 0 Å². The summed E-state index contributed by atoms with van der Waals surface area (Å²) in [5.41, 5.74) is 0.958. The predicted molar refractivity (Wildman–Crippen MR) is 74.7 cm³/mol. The lowest BCUT2D eigenvalue weighted by Gasteiger charge is -2.25. The van der Waals surface area contributed by atoms with Crippen LogP contribution in [0, 0.1) is 11.6 Å². The van der Waals surface area contributed by atoms with Gasteiger partial charge in [0.25, 0.3) is 0 Å². The van der Waals surface area contributed by atoms with Crippen LogP contribution in [0.1, 0.15) is 17.2 Å². The van der Waals surface area contributed by atoms with Crippen LogP contribution in [-0.2, 0) is 0 Å². The Labute approximate surface area is 121 Å². The van der Waals surface area contributed by atoms with Gasteiger partial charge in [0.05, 0.1) is 6.04 Å². The van der Waals surface area contributed by atoms with Crippen LogP contribution in [0.4, 0.5) is 8.78 Å². The number of nitrogens with one attached hydrogen (secondary N) is 1. The predicted octanol–water partition coefficient (Wildman–Crippen LogP) is 3.04. The third-order valence-corrected chi connectivity index (χ3v) is 3.47. The summed E-state index contributed by atoms with van der Waals surface area (Å²) in [7, 11) is 1.69. The second-order valence-electron chi connectivity index (χ2n) is 4.76. The van der Waals surface area contributed by atoms with Crippen LogP contribution < -0.4 is 14.8 Å². The van der Waals surface area contributed by atoms with Gasteiger partial charge in [-0.05, 0) is 31.3 Å². The van der Waals surface area contributed by atoms with Crippen LogP contribution in [0.3, 0.4) is 0 Å². The first-order valence-corrected chi connectivity index (χ1v) is 6.71. The van der Waals surface area contributed by atoms with Gasteiger partial charge in [0.1, 0.15) is 24.8 Å². The normalized spacial score (nSPS) is 14.8. The molecule has 0 saturated carbocycles. The first kappa shape index (κ1) is 13.8. The fourth-order valence-electron chi connectivity index (χ4n) is 2.54. The lowest BCUT2D eigenvalue weighted by molar-refractivity contribution is 0.169. The molecule has 0 aromatic heterocycles. The second kappa shape index (κ2) is 5.69. The summed E-state index contributed by atoms with van der Waals surface area (Å²) >= 11 is 0. The van der Waals surface area contributed by atoms with E-state index in [1.165, 1.54) is 6.07 Å². The van der Waals surface area contributed by atoms with Crippen molar-refractivity contribution in [1.29, 1.82) is 0 Å². The molecule has 0 aliphatic carbocycles. The van der Waals surface area contributed by atoms with Crippen molar-refractivity contribution in [3.05, 3.63) is 59.2 Å². The van der Waals surface area contributed by atoms with E-state index < -0.39 is 17.7 Å². The molecule has 21 heavy (non-hydrogen) atoms. The lowest BCUT2D eigenvalue weighted by Crippen LogP contribution is -2.23. The van der Waals surface area contributed by atoms with E-state index in [0.29, 0.717) is 24.7 Å². The lowest BCUT2D eigenvalue weighted by atomic mass is 9.96. The Morgan fingerprint density at radius 3 is 2.67 bits per heavy atom. The zero-order chi connectivity index (χ0) is 14.8. The molecule has 1 aliphatic rings. The highest BCUT2D eigenvalue weighted by Crippen LogP contribution is 2.39. The Kier molecular flexibility index (Phi) is 3.75. The third kappa shape index (κ3) is 2.56. The molecule has 0 amide bonds. The Bertz CT molecular complexity index is 661. The van der Waals surface area contributed by atoms with Crippen LogP contribution >= 0.6 is 0 Å². The van der Waals surface area contributed by atoms with Crippen molar-refractivity contribution >= 4 is 0 Å². The van der Waals surface area contributed by atoms with E-state index in [4.69, 9.17) is 9.47 Å². The minimum Gasteiger partial charge on any atom is -0.486 e. The summed E-state index contributed by atoms with van der Waals surface area (Å²) in [6.45, 7) is 0.918. The Morgan fingerprint density at radius 1 is 1.05 bits per heavy atom. The number of hydrogen-bond donors (Lipinski definition) is 1. The van der Waals surface area contributed by atoms with E-state index in [0.717, 1.165) is 17.7 Å². The molecule has 1 unspecified atom stereocenters. The van der Waals surface area contributed by atoms with Gasteiger partial charge >= 0.3 is 0 Å². The zero-order valence-corrected chi connectivity index (χ0v) is 11.5. The van der Waals surface area contributed by atoms with Crippen LogP contribution in [0.25, 0.3) is 0 Å². The van der Waals surface area contributed by atoms with Crippen molar-refractivity contribution in [2.24, 2.45) is 0 Å². The molecule has 2 aromatic carbocycles. The Balaban J connectivity index is 2.10. The molecule has 0 spiro atoms. The molecular weight excluding hydrogens is 276 g/mol. The van der Waals surface area contributed by atoms with Gasteiger partial charge in [-0.2, -0.15) is 0 Å². The quantitative estimate of drug-likeness (QED) is 0.943. The number of benzene rings is 2. The number of hydrogen-bond acceptors (Lipinski definition) is 3. The van der Waals surface area contributed by atoms with Crippen molar-refractivity contribution in [2.75, 3.05) is 20.3 Å². The van der Waals surface area contributed by atoms with E-state index in [-0.39, 0.29) is 5.56 Å². The molecule has 0 bridgehead atoms. The van der Waals surface area contributed by atoms with Crippen molar-refractivity contribution in [1.82, 2.24) is 5.32 Å². The van der Waals surface area contributed by atoms with Crippen molar-refractivity contribution in [3.63, 3.8) is 0 Å². The van der Waals surface area contributed by atoms with Crippen molar-refractivity contribution in [2.45, 2.75) is 6.04 Å². The van der Waals surface area contributed by atoms with Gasteiger partial charge in [-0.1, -0.05) is 12.1 Å². The molecule has 1 heterocycles. The number of ether oxygens (including phenoxy) is 2. The molecule has 0 fully saturated rings. The topological polar surface area (TPSA) is 30.5 Å². The third-order valence-electron chi connectivity index (χ3n) is 3.47. The van der Waals surface area contributed by atoms with E-state index in [9.17, 15) is 8.78 Å².